The van der Waals surface area contributed by atoms with E-state index in [9.17, 15) is 4.79 Å². The number of amides is 1. The van der Waals surface area contributed by atoms with Gasteiger partial charge in [-0.3, -0.25) is 4.79 Å². The highest BCUT2D eigenvalue weighted by molar-refractivity contribution is 7.98. The van der Waals surface area contributed by atoms with Crippen LogP contribution in [0.5, 0.6) is 0 Å². The van der Waals surface area contributed by atoms with E-state index in [1.54, 1.807) is 11.8 Å². The summed E-state index contributed by atoms with van der Waals surface area (Å²) < 4.78 is 0. The lowest BCUT2D eigenvalue weighted by molar-refractivity contribution is -0.129. The van der Waals surface area contributed by atoms with Crippen molar-refractivity contribution in [2.24, 2.45) is 5.41 Å². The van der Waals surface area contributed by atoms with Gasteiger partial charge < -0.3 is 5.32 Å². The Morgan fingerprint density at radius 3 is 2.39 bits per heavy atom. The number of hydrogen-bond donors (Lipinski definition) is 1. The Kier molecular flexibility index (Phi) is 5.54. The summed E-state index contributed by atoms with van der Waals surface area (Å²) in [4.78, 5) is 13.2. The van der Waals surface area contributed by atoms with Crippen molar-refractivity contribution in [1.29, 1.82) is 0 Å². The van der Waals surface area contributed by atoms with Crippen LogP contribution in [0.15, 0.2) is 29.2 Å². The van der Waals surface area contributed by atoms with Gasteiger partial charge in [0.2, 0.25) is 5.91 Å². The van der Waals surface area contributed by atoms with Crippen molar-refractivity contribution in [3.8, 4) is 0 Å². The van der Waals surface area contributed by atoms with Gasteiger partial charge in [0.05, 0.1) is 11.5 Å². The number of nitrogens with one attached hydrogen (secondary N) is 1. The third-order valence-corrected chi connectivity index (χ3v) is 4.32. The van der Waals surface area contributed by atoms with Crippen molar-refractivity contribution in [1.82, 2.24) is 5.32 Å². The van der Waals surface area contributed by atoms with Gasteiger partial charge in [0.1, 0.15) is 0 Å². The van der Waals surface area contributed by atoms with E-state index >= 15 is 0 Å². The molecule has 0 aliphatic carbocycles. The molecule has 0 radical (unpaired) electrons. The maximum atomic E-state index is 12.0. The van der Waals surface area contributed by atoms with Crippen LogP contribution in [0.25, 0.3) is 0 Å². The molecule has 0 spiro atoms. The first-order valence-electron chi connectivity index (χ1n) is 5.91. The summed E-state index contributed by atoms with van der Waals surface area (Å²) in [5, 5.41) is 2.99. The van der Waals surface area contributed by atoms with Crippen molar-refractivity contribution in [3.63, 3.8) is 0 Å². The Morgan fingerprint density at radius 1 is 1.39 bits per heavy atom. The quantitative estimate of drug-likeness (QED) is 0.658. The van der Waals surface area contributed by atoms with E-state index in [1.165, 1.54) is 4.90 Å². The Morgan fingerprint density at radius 2 is 1.94 bits per heavy atom. The smallest absolute Gasteiger partial charge is 0.227 e. The van der Waals surface area contributed by atoms with Crippen molar-refractivity contribution in [2.45, 2.75) is 31.7 Å². The number of halogens is 1. The van der Waals surface area contributed by atoms with Gasteiger partial charge in [0.15, 0.2) is 0 Å². The summed E-state index contributed by atoms with van der Waals surface area (Å²) in [6, 6.07) is 8.22. The third-order valence-electron chi connectivity index (χ3n) is 2.91. The first kappa shape index (κ1) is 15.4. The zero-order valence-corrected chi connectivity index (χ0v) is 12.9. The monoisotopic (exact) mass is 285 g/mol. The fraction of sp³-hybridized carbons (Fsp3) is 0.500. The summed E-state index contributed by atoms with van der Waals surface area (Å²) in [6.07, 6.45) is 2.04. The predicted octanol–water partition coefficient (Wildman–Crippen LogP) is 3.85. The molecule has 2 nitrogen and oxygen atoms in total. The normalized spacial score (nSPS) is 13.2. The van der Waals surface area contributed by atoms with E-state index in [2.05, 4.69) is 17.4 Å². The van der Waals surface area contributed by atoms with E-state index in [4.69, 9.17) is 11.6 Å². The van der Waals surface area contributed by atoms with Crippen LogP contribution in [0.1, 0.15) is 32.4 Å². The lowest BCUT2D eigenvalue weighted by atomic mass is 9.94. The molecule has 1 aromatic rings. The molecular weight excluding hydrogens is 266 g/mol. The molecular formula is C14H20ClNOS. The zero-order valence-electron chi connectivity index (χ0n) is 11.3. The Hall–Kier alpha value is -0.670. The van der Waals surface area contributed by atoms with Crippen LogP contribution >= 0.6 is 23.4 Å². The minimum Gasteiger partial charge on any atom is -0.349 e. The van der Waals surface area contributed by atoms with Crippen LogP contribution in [0.2, 0.25) is 0 Å². The molecule has 0 saturated carbocycles. The molecule has 1 amide bonds. The number of benzene rings is 1. The average molecular weight is 286 g/mol. The van der Waals surface area contributed by atoms with Crippen molar-refractivity contribution in [3.05, 3.63) is 29.8 Å². The maximum Gasteiger partial charge on any atom is 0.227 e. The standard InChI is InChI=1S/C14H20ClNOS/c1-10(16-13(17)14(2,3)9-15)11-5-7-12(18-4)8-6-11/h5-8,10H,9H2,1-4H3,(H,16,17). The van der Waals surface area contributed by atoms with E-state index < -0.39 is 5.41 Å². The van der Waals surface area contributed by atoms with Gasteiger partial charge in [-0.15, -0.1) is 23.4 Å². The predicted molar refractivity (Wildman–Crippen MR) is 79.3 cm³/mol. The number of rotatable bonds is 5. The third kappa shape index (κ3) is 3.92. The van der Waals surface area contributed by atoms with Gasteiger partial charge in [0, 0.05) is 10.8 Å². The molecule has 1 aromatic carbocycles. The fourth-order valence-corrected chi connectivity index (χ4v) is 1.96. The highest BCUT2D eigenvalue weighted by atomic mass is 35.5. The Balaban J connectivity index is 2.70. The molecule has 0 aliphatic heterocycles. The van der Waals surface area contributed by atoms with Gasteiger partial charge in [-0.2, -0.15) is 0 Å². The molecule has 0 fully saturated rings. The van der Waals surface area contributed by atoms with E-state index in [-0.39, 0.29) is 11.9 Å². The molecule has 0 aliphatic rings. The molecule has 1 atom stereocenters. The van der Waals surface area contributed by atoms with E-state index in [0.29, 0.717) is 5.88 Å². The summed E-state index contributed by atoms with van der Waals surface area (Å²) in [6.45, 7) is 5.67. The van der Waals surface area contributed by atoms with Crippen molar-refractivity contribution < 1.29 is 4.79 Å². The van der Waals surface area contributed by atoms with Crippen LogP contribution in [0, 0.1) is 5.41 Å². The second kappa shape index (κ2) is 6.48. The van der Waals surface area contributed by atoms with Crippen LogP contribution in [-0.2, 0) is 4.79 Å². The van der Waals surface area contributed by atoms with E-state index in [0.717, 1.165) is 5.56 Å². The summed E-state index contributed by atoms with van der Waals surface area (Å²) in [7, 11) is 0. The number of thioether (sulfide) groups is 1. The van der Waals surface area contributed by atoms with Crippen LogP contribution in [0.4, 0.5) is 0 Å². The Labute approximate surface area is 118 Å². The lowest BCUT2D eigenvalue weighted by Gasteiger charge is -2.24. The largest absolute Gasteiger partial charge is 0.349 e. The molecule has 0 saturated heterocycles. The molecule has 4 heteroatoms. The first-order chi connectivity index (χ1) is 8.40. The molecule has 0 aromatic heterocycles. The highest BCUT2D eigenvalue weighted by Crippen LogP contribution is 2.22. The molecule has 0 heterocycles. The molecule has 18 heavy (non-hydrogen) atoms. The molecule has 100 valence electrons. The fourth-order valence-electron chi connectivity index (χ4n) is 1.43. The van der Waals surface area contributed by atoms with Crippen LogP contribution in [0.3, 0.4) is 0 Å². The molecule has 1 rings (SSSR count). The second-order valence-corrected chi connectivity index (χ2v) is 6.13. The van der Waals surface area contributed by atoms with Gasteiger partial charge in [0.25, 0.3) is 0 Å². The SMILES string of the molecule is CSc1ccc(C(C)NC(=O)C(C)(C)CCl)cc1. The average Bonchev–Trinajstić information content (AvgIpc) is 2.38. The molecule has 0 bridgehead atoms. The van der Waals surface area contributed by atoms with Gasteiger partial charge in [-0.05, 0) is 44.7 Å². The highest BCUT2D eigenvalue weighted by Gasteiger charge is 2.27. The van der Waals surface area contributed by atoms with E-state index in [1.807, 2.05) is 39.2 Å². The van der Waals surface area contributed by atoms with Gasteiger partial charge >= 0.3 is 0 Å². The second-order valence-electron chi connectivity index (χ2n) is 4.99. The minimum atomic E-state index is -0.533. The summed E-state index contributed by atoms with van der Waals surface area (Å²) in [5.74, 6) is 0.302. The van der Waals surface area contributed by atoms with Gasteiger partial charge in [-0.25, -0.2) is 0 Å². The van der Waals surface area contributed by atoms with Crippen LogP contribution in [-0.4, -0.2) is 18.0 Å². The van der Waals surface area contributed by atoms with Crippen molar-refractivity contribution in [2.75, 3.05) is 12.1 Å². The van der Waals surface area contributed by atoms with Crippen molar-refractivity contribution >= 4 is 29.3 Å². The Bertz CT molecular complexity index is 403. The molecule has 1 unspecified atom stereocenters. The first-order valence-corrected chi connectivity index (χ1v) is 7.67. The molecule has 1 N–H and O–H groups in total. The number of hydrogen-bond acceptors (Lipinski definition) is 2. The topological polar surface area (TPSA) is 29.1 Å². The summed E-state index contributed by atoms with van der Waals surface area (Å²) in [5.41, 5.74) is 0.571. The minimum absolute atomic E-state index is 0.00380. The summed E-state index contributed by atoms with van der Waals surface area (Å²) >= 11 is 7.50. The zero-order chi connectivity index (χ0) is 13.8. The maximum absolute atomic E-state index is 12.0. The lowest BCUT2D eigenvalue weighted by Crippen LogP contribution is -2.39. The van der Waals surface area contributed by atoms with Gasteiger partial charge in [-0.1, -0.05) is 12.1 Å². The number of carbonyl (C=O) groups is 1. The number of alkyl halides is 1. The number of carbonyl (C=O) groups excluding carboxylic acids is 1. The van der Waals surface area contributed by atoms with Crippen LogP contribution < -0.4 is 5.32 Å².